The molecule has 4 nitrogen and oxygen atoms in total. The van der Waals surface area contributed by atoms with Gasteiger partial charge in [-0.3, -0.25) is 0 Å². The molecule has 0 bridgehead atoms. The maximum atomic E-state index is 12.0. The molecule has 1 atom stereocenters. The molecule has 184 valence electrons. The largest absolute Gasteiger partial charge is 0.505 e. The zero-order valence-electron chi connectivity index (χ0n) is 20.6. The minimum Gasteiger partial charge on any atom is -0.505 e. The Morgan fingerprint density at radius 1 is 0.848 bits per heavy atom. The second kappa shape index (κ2) is 17.3. The highest BCUT2D eigenvalue weighted by Gasteiger charge is 2.35. The maximum Gasteiger partial charge on any atom is 0.378 e. The van der Waals surface area contributed by atoms with Gasteiger partial charge in [0.15, 0.2) is 11.9 Å². The van der Waals surface area contributed by atoms with E-state index < -0.39 is 12.1 Å². The lowest BCUT2D eigenvalue weighted by Gasteiger charge is -2.07. The van der Waals surface area contributed by atoms with E-state index in [4.69, 9.17) is 9.47 Å². The zero-order chi connectivity index (χ0) is 23.6. The smallest absolute Gasteiger partial charge is 0.378 e. The van der Waals surface area contributed by atoms with E-state index in [2.05, 4.69) is 19.1 Å². The molecule has 2 rings (SSSR count). The Kier molecular flexibility index (Phi) is 14.1. The summed E-state index contributed by atoms with van der Waals surface area (Å²) in [5.74, 6) is -0.705. The molecule has 0 saturated carbocycles. The summed E-state index contributed by atoms with van der Waals surface area (Å²) in [5, 5.41) is 10.3. The highest BCUT2D eigenvalue weighted by atomic mass is 16.6. The third-order valence-corrected chi connectivity index (χ3v) is 6.18. The lowest BCUT2D eigenvalue weighted by molar-refractivity contribution is -0.143. The molecule has 1 aliphatic rings. The van der Waals surface area contributed by atoms with Crippen LogP contribution < -0.4 is 0 Å². The Morgan fingerprint density at radius 3 is 2.06 bits per heavy atom. The summed E-state index contributed by atoms with van der Waals surface area (Å²) in [6, 6.07) is 9.57. The predicted octanol–water partition coefficient (Wildman–Crippen LogP) is 8.33. The molecule has 1 aliphatic heterocycles. The topological polar surface area (TPSA) is 55.8 Å². The number of ether oxygens (including phenoxy) is 2. The third-order valence-electron chi connectivity index (χ3n) is 6.18. The van der Waals surface area contributed by atoms with E-state index in [1.165, 1.54) is 77.0 Å². The van der Waals surface area contributed by atoms with Crippen LogP contribution in [0.15, 0.2) is 54.0 Å². The summed E-state index contributed by atoms with van der Waals surface area (Å²) in [6.45, 7) is 2.51. The number of aliphatic hydroxyl groups is 1. The number of hydrogen-bond acceptors (Lipinski definition) is 4. The Balaban J connectivity index is 1.47. The first-order valence-corrected chi connectivity index (χ1v) is 13.2. The Labute approximate surface area is 201 Å². The van der Waals surface area contributed by atoms with E-state index in [9.17, 15) is 9.90 Å². The van der Waals surface area contributed by atoms with Crippen LogP contribution in [0.1, 0.15) is 109 Å². The minimum absolute atomic E-state index is 0.0516. The van der Waals surface area contributed by atoms with Crippen molar-refractivity contribution < 1.29 is 19.4 Å². The molecule has 0 aromatic heterocycles. The fourth-order valence-electron chi connectivity index (χ4n) is 4.13. The molecular formula is C29H44O4. The van der Waals surface area contributed by atoms with Gasteiger partial charge in [0, 0.05) is 0 Å². The summed E-state index contributed by atoms with van der Waals surface area (Å²) in [5.41, 5.74) is 0.940. The van der Waals surface area contributed by atoms with Crippen LogP contribution >= 0.6 is 0 Å². The second-order valence-electron chi connectivity index (χ2n) is 9.11. The van der Waals surface area contributed by atoms with Gasteiger partial charge in [0.05, 0.1) is 0 Å². The van der Waals surface area contributed by atoms with Gasteiger partial charge in [0.25, 0.3) is 0 Å². The number of rotatable bonds is 19. The molecule has 0 radical (unpaired) electrons. The zero-order valence-corrected chi connectivity index (χ0v) is 20.6. The van der Waals surface area contributed by atoms with E-state index in [1.54, 1.807) is 0 Å². The normalized spacial score (nSPS) is 16.0. The number of cyclic esters (lactones) is 1. The lowest BCUT2D eigenvalue weighted by atomic mass is 10.0. The molecule has 1 aromatic carbocycles. The van der Waals surface area contributed by atoms with Crippen molar-refractivity contribution in [2.75, 3.05) is 0 Å². The van der Waals surface area contributed by atoms with Gasteiger partial charge < -0.3 is 14.6 Å². The van der Waals surface area contributed by atoms with Crippen LogP contribution in [-0.4, -0.2) is 17.2 Å². The van der Waals surface area contributed by atoms with Crippen LogP contribution in [-0.2, 0) is 20.9 Å². The molecule has 0 fully saturated rings. The summed E-state index contributed by atoms with van der Waals surface area (Å²) < 4.78 is 10.8. The van der Waals surface area contributed by atoms with Gasteiger partial charge in [-0.15, -0.1) is 0 Å². The number of allylic oxidation sites excluding steroid dienone is 2. The molecular weight excluding hydrogens is 412 g/mol. The van der Waals surface area contributed by atoms with Crippen molar-refractivity contribution in [2.24, 2.45) is 0 Å². The molecule has 1 N–H and O–H groups in total. The average Bonchev–Trinajstić information content (AvgIpc) is 3.10. The second-order valence-corrected chi connectivity index (χ2v) is 9.11. The fraction of sp³-hybridized carbons (Fsp3) is 0.621. The van der Waals surface area contributed by atoms with Crippen molar-refractivity contribution in [3.8, 4) is 0 Å². The van der Waals surface area contributed by atoms with Crippen LogP contribution in [0.2, 0.25) is 0 Å². The van der Waals surface area contributed by atoms with Gasteiger partial charge in [-0.25, -0.2) is 4.79 Å². The SMILES string of the molecule is CCCCCCCCCCCCCCC=CCC[C@@H]1OC(=O)C(OCc2ccccc2)=C1O. The fourth-order valence-corrected chi connectivity index (χ4v) is 4.13. The van der Waals surface area contributed by atoms with Gasteiger partial charge in [-0.1, -0.05) is 120 Å². The predicted molar refractivity (Wildman–Crippen MR) is 135 cm³/mol. The molecule has 0 saturated heterocycles. The van der Waals surface area contributed by atoms with Crippen molar-refractivity contribution in [3.05, 3.63) is 59.6 Å². The summed E-state index contributed by atoms with van der Waals surface area (Å²) >= 11 is 0. The molecule has 0 amide bonds. The standard InChI is InChI=1S/C29H44O4/c1-2-3-4-5-6-7-8-9-10-11-12-13-14-15-16-20-23-26-27(30)28(29(31)33-26)32-24-25-21-18-17-19-22-25/h15-19,21-22,26,30H,2-14,20,23-24H2,1H3/t26-/m0/s1. The molecule has 4 heteroatoms. The molecule has 1 heterocycles. The molecule has 0 unspecified atom stereocenters. The number of unbranched alkanes of at least 4 members (excludes halogenated alkanes) is 12. The lowest BCUT2D eigenvalue weighted by Crippen LogP contribution is -2.10. The van der Waals surface area contributed by atoms with Crippen molar-refractivity contribution in [1.29, 1.82) is 0 Å². The van der Waals surface area contributed by atoms with Crippen molar-refractivity contribution >= 4 is 5.97 Å². The van der Waals surface area contributed by atoms with Crippen molar-refractivity contribution in [3.63, 3.8) is 0 Å². The van der Waals surface area contributed by atoms with Gasteiger partial charge in [0.1, 0.15) is 6.61 Å². The van der Waals surface area contributed by atoms with Crippen LogP contribution in [0.4, 0.5) is 0 Å². The van der Waals surface area contributed by atoms with Crippen molar-refractivity contribution in [1.82, 2.24) is 0 Å². The van der Waals surface area contributed by atoms with E-state index in [-0.39, 0.29) is 18.1 Å². The molecule has 0 spiro atoms. The third kappa shape index (κ3) is 11.5. The Hall–Kier alpha value is -2.23. The van der Waals surface area contributed by atoms with Crippen molar-refractivity contribution in [2.45, 2.75) is 116 Å². The number of benzene rings is 1. The van der Waals surface area contributed by atoms with Gasteiger partial charge in [0.2, 0.25) is 5.76 Å². The maximum absolute atomic E-state index is 12.0. The average molecular weight is 457 g/mol. The van der Waals surface area contributed by atoms with Crippen LogP contribution in [0.3, 0.4) is 0 Å². The van der Waals surface area contributed by atoms with Gasteiger partial charge >= 0.3 is 5.97 Å². The van der Waals surface area contributed by atoms with Gasteiger partial charge in [-0.05, 0) is 31.2 Å². The van der Waals surface area contributed by atoms with E-state index in [0.29, 0.717) is 6.42 Å². The first kappa shape index (κ1) is 27.0. The first-order valence-electron chi connectivity index (χ1n) is 13.2. The number of carbonyl (C=O) groups is 1. The summed E-state index contributed by atoms with van der Waals surface area (Å²) in [4.78, 5) is 12.0. The van der Waals surface area contributed by atoms with E-state index >= 15 is 0 Å². The molecule has 33 heavy (non-hydrogen) atoms. The van der Waals surface area contributed by atoms with Crippen LogP contribution in [0.5, 0.6) is 0 Å². The summed E-state index contributed by atoms with van der Waals surface area (Å²) in [7, 11) is 0. The monoisotopic (exact) mass is 456 g/mol. The Bertz CT molecular complexity index is 708. The van der Waals surface area contributed by atoms with Crippen LogP contribution in [0, 0.1) is 0 Å². The number of hydrogen-bond donors (Lipinski definition) is 1. The molecule has 1 aromatic rings. The van der Waals surface area contributed by atoms with E-state index in [1.807, 2.05) is 30.3 Å². The molecule has 0 aliphatic carbocycles. The quantitative estimate of drug-likeness (QED) is 0.129. The highest BCUT2D eigenvalue weighted by Crippen LogP contribution is 2.26. The Morgan fingerprint density at radius 2 is 1.42 bits per heavy atom. The minimum atomic E-state index is -0.598. The number of esters is 1. The van der Waals surface area contributed by atoms with Gasteiger partial charge in [-0.2, -0.15) is 0 Å². The van der Waals surface area contributed by atoms with E-state index in [0.717, 1.165) is 18.4 Å². The number of carbonyl (C=O) groups excluding carboxylic acids is 1. The van der Waals surface area contributed by atoms with Crippen LogP contribution in [0.25, 0.3) is 0 Å². The highest BCUT2D eigenvalue weighted by molar-refractivity contribution is 5.89. The number of aliphatic hydroxyl groups excluding tert-OH is 1. The summed E-state index contributed by atoms with van der Waals surface area (Å²) in [6.07, 6.45) is 22.6. The first-order chi connectivity index (χ1) is 16.2.